The summed E-state index contributed by atoms with van der Waals surface area (Å²) in [7, 11) is 1.84. The van der Waals surface area contributed by atoms with Crippen molar-refractivity contribution in [2.45, 2.75) is 25.8 Å². The van der Waals surface area contributed by atoms with E-state index in [-0.39, 0.29) is 24.4 Å². The van der Waals surface area contributed by atoms with Crippen LogP contribution in [0.5, 0.6) is 0 Å². The number of carbonyl (C=O) groups excluding carboxylic acids is 1. The molecule has 0 aliphatic heterocycles. The first-order valence-electron chi connectivity index (χ1n) is 7.34. The van der Waals surface area contributed by atoms with Crippen molar-refractivity contribution >= 4 is 34.2 Å². The second-order valence-electron chi connectivity index (χ2n) is 5.79. The number of aryl methyl sites for hydroxylation is 1. The second-order valence-corrected chi connectivity index (χ2v) is 6.71. The third-order valence-corrected chi connectivity index (χ3v) is 4.15. The van der Waals surface area contributed by atoms with E-state index in [2.05, 4.69) is 47.2 Å². The Morgan fingerprint density at radius 1 is 1.26 bits per heavy atom. The lowest BCUT2D eigenvalue weighted by Gasteiger charge is -2.14. The largest absolute Gasteiger partial charge is 0.349 e. The number of carbonyl (C=O) groups is 1. The first-order chi connectivity index (χ1) is 10.4. The molecule has 1 atom stereocenters. The molecule has 126 valence electrons. The molecule has 1 aromatic carbocycles. The molecule has 0 bridgehead atoms. The van der Waals surface area contributed by atoms with Crippen LogP contribution in [0.3, 0.4) is 0 Å². The Morgan fingerprint density at radius 3 is 2.30 bits per heavy atom. The molecule has 0 radical (unpaired) electrons. The fraction of sp³-hybridized carbons (Fsp3) is 0.353. The van der Waals surface area contributed by atoms with Crippen molar-refractivity contribution in [3.63, 3.8) is 0 Å². The minimum Gasteiger partial charge on any atom is -0.349 e. The zero-order valence-electron chi connectivity index (χ0n) is 13.5. The van der Waals surface area contributed by atoms with E-state index in [1.54, 1.807) is 10.6 Å². The van der Waals surface area contributed by atoms with Gasteiger partial charge in [0.05, 0.1) is 0 Å². The Morgan fingerprint density at radius 2 is 1.83 bits per heavy atom. The molecule has 1 heterocycles. The SMILES string of the molecule is CC(C)c1ccc(C(N)CNC(=O)c2cc(Br)cn2C)cc1.Cl. The molecule has 0 saturated carbocycles. The van der Waals surface area contributed by atoms with Crippen LogP contribution >= 0.6 is 28.3 Å². The van der Waals surface area contributed by atoms with E-state index >= 15 is 0 Å². The highest BCUT2D eigenvalue weighted by Gasteiger charge is 2.13. The van der Waals surface area contributed by atoms with Crippen LogP contribution in [0.1, 0.15) is 47.4 Å². The monoisotopic (exact) mass is 399 g/mol. The van der Waals surface area contributed by atoms with Crippen LogP contribution in [0.15, 0.2) is 41.0 Å². The molecule has 4 nitrogen and oxygen atoms in total. The highest BCUT2D eigenvalue weighted by atomic mass is 79.9. The van der Waals surface area contributed by atoms with Crippen molar-refractivity contribution in [3.05, 3.63) is 57.8 Å². The fourth-order valence-electron chi connectivity index (χ4n) is 2.29. The van der Waals surface area contributed by atoms with Gasteiger partial charge < -0.3 is 15.6 Å². The number of halogens is 2. The van der Waals surface area contributed by atoms with Crippen LogP contribution in [-0.4, -0.2) is 17.0 Å². The molecule has 2 aromatic rings. The summed E-state index contributed by atoms with van der Waals surface area (Å²) in [5.41, 5.74) is 9.08. The zero-order chi connectivity index (χ0) is 16.3. The molecule has 0 saturated heterocycles. The predicted molar refractivity (Wildman–Crippen MR) is 100 cm³/mol. The maximum atomic E-state index is 12.1. The van der Waals surface area contributed by atoms with Crippen LogP contribution in [0.4, 0.5) is 0 Å². The first-order valence-corrected chi connectivity index (χ1v) is 8.13. The number of nitrogens with two attached hydrogens (primary N) is 1. The summed E-state index contributed by atoms with van der Waals surface area (Å²) in [5.74, 6) is 0.378. The summed E-state index contributed by atoms with van der Waals surface area (Å²) < 4.78 is 2.66. The number of amides is 1. The Hall–Kier alpha value is -1.30. The lowest BCUT2D eigenvalue weighted by Crippen LogP contribution is -2.32. The number of rotatable bonds is 5. The average molecular weight is 401 g/mol. The molecule has 6 heteroatoms. The van der Waals surface area contributed by atoms with Gasteiger partial charge in [0.25, 0.3) is 5.91 Å². The standard InChI is InChI=1S/C17H22BrN3O.ClH/c1-11(2)12-4-6-13(7-5-12)15(19)9-20-17(22)16-8-14(18)10-21(16)3;/h4-8,10-11,15H,9,19H2,1-3H3,(H,20,22);1H. The lowest BCUT2D eigenvalue weighted by molar-refractivity contribution is 0.0943. The maximum absolute atomic E-state index is 12.1. The summed E-state index contributed by atoms with van der Waals surface area (Å²) in [6, 6.07) is 9.83. The minimum absolute atomic E-state index is 0. The number of hydrogen-bond acceptors (Lipinski definition) is 2. The van der Waals surface area contributed by atoms with Crippen molar-refractivity contribution in [1.29, 1.82) is 0 Å². The topological polar surface area (TPSA) is 60.0 Å². The normalized spacial score (nSPS) is 11.9. The third-order valence-electron chi connectivity index (χ3n) is 3.72. The van der Waals surface area contributed by atoms with Crippen LogP contribution in [-0.2, 0) is 7.05 Å². The molecule has 0 aliphatic rings. The van der Waals surface area contributed by atoms with Crippen molar-refractivity contribution in [3.8, 4) is 0 Å². The van der Waals surface area contributed by atoms with Crippen LogP contribution < -0.4 is 11.1 Å². The van der Waals surface area contributed by atoms with Crippen molar-refractivity contribution in [2.24, 2.45) is 12.8 Å². The van der Waals surface area contributed by atoms with E-state index in [0.717, 1.165) is 10.0 Å². The third kappa shape index (κ3) is 5.09. The van der Waals surface area contributed by atoms with Gasteiger partial charge in [-0.1, -0.05) is 38.1 Å². The predicted octanol–water partition coefficient (Wildman–Crippen LogP) is 3.76. The summed E-state index contributed by atoms with van der Waals surface area (Å²) >= 11 is 3.36. The van der Waals surface area contributed by atoms with Gasteiger partial charge in [0.1, 0.15) is 5.69 Å². The summed E-state index contributed by atoms with van der Waals surface area (Å²) in [4.78, 5) is 12.1. The van der Waals surface area contributed by atoms with E-state index < -0.39 is 0 Å². The van der Waals surface area contributed by atoms with Gasteiger partial charge in [0.15, 0.2) is 0 Å². The maximum Gasteiger partial charge on any atom is 0.268 e. The highest BCUT2D eigenvalue weighted by molar-refractivity contribution is 9.10. The molecule has 1 aromatic heterocycles. The number of nitrogens with one attached hydrogen (secondary N) is 1. The van der Waals surface area contributed by atoms with Gasteiger partial charge in [0, 0.05) is 30.3 Å². The molecule has 0 fully saturated rings. The first kappa shape index (κ1) is 19.7. The van der Waals surface area contributed by atoms with E-state index in [1.807, 2.05) is 25.4 Å². The van der Waals surface area contributed by atoms with Gasteiger partial charge in [-0.2, -0.15) is 0 Å². The molecule has 23 heavy (non-hydrogen) atoms. The van der Waals surface area contributed by atoms with Crippen LogP contribution in [0.25, 0.3) is 0 Å². The van der Waals surface area contributed by atoms with E-state index in [4.69, 9.17) is 5.73 Å². The minimum atomic E-state index is -0.214. The molecule has 0 spiro atoms. The van der Waals surface area contributed by atoms with Crippen LogP contribution in [0, 0.1) is 0 Å². The number of hydrogen-bond donors (Lipinski definition) is 2. The summed E-state index contributed by atoms with van der Waals surface area (Å²) in [5, 5.41) is 2.88. The van der Waals surface area contributed by atoms with Gasteiger partial charge in [-0.25, -0.2) is 0 Å². The smallest absolute Gasteiger partial charge is 0.268 e. The molecule has 3 N–H and O–H groups in total. The second kappa shape index (κ2) is 8.52. The van der Waals surface area contributed by atoms with Crippen molar-refractivity contribution < 1.29 is 4.79 Å². The molecular weight excluding hydrogens is 378 g/mol. The number of benzene rings is 1. The Balaban J connectivity index is 0.00000264. The van der Waals surface area contributed by atoms with Gasteiger partial charge in [-0.3, -0.25) is 4.79 Å². The summed E-state index contributed by atoms with van der Waals surface area (Å²) in [6.45, 7) is 4.73. The highest BCUT2D eigenvalue weighted by Crippen LogP contribution is 2.18. The fourth-order valence-corrected chi connectivity index (χ4v) is 2.81. The van der Waals surface area contributed by atoms with Crippen molar-refractivity contribution in [1.82, 2.24) is 9.88 Å². The van der Waals surface area contributed by atoms with Crippen LogP contribution in [0.2, 0.25) is 0 Å². The zero-order valence-corrected chi connectivity index (χ0v) is 15.9. The van der Waals surface area contributed by atoms with Gasteiger partial charge >= 0.3 is 0 Å². The van der Waals surface area contributed by atoms with Gasteiger partial charge in [0.2, 0.25) is 0 Å². The Kier molecular flexibility index (Phi) is 7.32. The average Bonchev–Trinajstić information content (AvgIpc) is 2.83. The quantitative estimate of drug-likeness (QED) is 0.802. The molecular formula is C17H23BrClN3O. The number of aromatic nitrogens is 1. The Labute approximate surface area is 152 Å². The molecule has 1 amide bonds. The van der Waals surface area contributed by atoms with E-state index in [1.165, 1.54) is 5.56 Å². The molecule has 1 unspecified atom stereocenters. The van der Waals surface area contributed by atoms with Crippen molar-refractivity contribution in [2.75, 3.05) is 6.54 Å². The van der Waals surface area contributed by atoms with E-state index in [0.29, 0.717) is 18.2 Å². The number of nitrogens with zero attached hydrogens (tertiary/aromatic N) is 1. The molecule has 2 rings (SSSR count). The van der Waals surface area contributed by atoms with E-state index in [9.17, 15) is 4.79 Å². The lowest BCUT2D eigenvalue weighted by atomic mass is 9.99. The van der Waals surface area contributed by atoms with Gasteiger partial charge in [-0.05, 0) is 39.0 Å². The Bertz CT molecular complexity index is 652. The summed E-state index contributed by atoms with van der Waals surface area (Å²) in [6.07, 6.45) is 1.85. The van der Waals surface area contributed by atoms with Gasteiger partial charge in [-0.15, -0.1) is 12.4 Å². The molecule has 0 aliphatic carbocycles.